The quantitative estimate of drug-likeness (QED) is 0.710. The summed E-state index contributed by atoms with van der Waals surface area (Å²) in [4.78, 5) is 0. The summed E-state index contributed by atoms with van der Waals surface area (Å²) >= 11 is 0. The van der Waals surface area contributed by atoms with Crippen LogP contribution in [0, 0.1) is 17.5 Å². The van der Waals surface area contributed by atoms with Crippen LogP contribution in [0.25, 0.3) is 0 Å². The molecule has 1 N–H and O–H groups in total. The van der Waals surface area contributed by atoms with Crippen molar-refractivity contribution in [1.82, 2.24) is 0 Å². The van der Waals surface area contributed by atoms with Gasteiger partial charge >= 0.3 is 0 Å². The molecule has 0 radical (unpaired) electrons. The molecule has 0 aliphatic carbocycles. The molecule has 0 aliphatic heterocycles. The molecule has 0 aliphatic rings. The second-order valence-electron chi connectivity index (χ2n) is 2.68. The van der Waals surface area contributed by atoms with Crippen LogP contribution in [0.4, 0.5) is 13.2 Å². The molecule has 72 valence electrons. The van der Waals surface area contributed by atoms with Crippen LogP contribution < -0.4 is 0 Å². The lowest BCUT2D eigenvalue weighted by Gasteiger charge is -2.10. The van der Waals surface area contributed by atoms with Gasteiger partial charge in [-0.25, -0.2) is 13.2 Å². The zero-order chi connectivity index (χ0) is 10.0. The number of rotatable bonds is 2. The largest absolute Gasteiger partial charge is 0.388 e. The molecule has 4 heteroatoms. The molecule has 0 spiro atoms. The average Bonchev–Trinajstić information content (AvgIpc) is 2.12. The Morgan fingerprint density at radius 2 is 1.77 bits per heavy atom. The molecule has 1 aromatic rings. The highest BCUT2D eigenvalue weighted by molar-refractivity contribution is 5.23. The Morgan fingerprint density at radius 3 is 2.31 bits per heavy atom. The molecule has 1 atom stereocenters. The number of halogens is 3. The zero-order valence-electron chi connectivity index (χ0n) is 7.02. The maximum atomic E-state index is 12.9. The number of hydrogen-bond donors (Lipinski definition) is 1. The van der Waals surface area contributed by atoms with E-state index in [2.05, 4.69) is 0 Å². The molecule has 0 saturated carbocycles. The van der Waals surface area contributed by atoms with E-state index in [1.165, 1.54) is 0 Å². The van der Waals surface area contributed by atoms with Crippen LogP contribution in [-0.2, 0) is 0 Å². The van der Waals surface area contributed by atoms with Gasteiger partial charge in [-0.05, 0) is 18.6 Å². The summed E-state index contributed by atoms with van der Waals surface area (Å²) in [6, 6.07) is 1.49. The van der Waals surface area contributed by atoms with Crippen LogP contribution in [-0.4, -0.2) is 5.11 Å². The lowest BCUT2D eigenvalue weighted by atomic mass is 10.1. The SMILES string of the molecule is CCC(O)c1c(F)ccc(F)c1F. The van der Waals surface area contributed by atoms with E-state index in [1.807, 2.05) is 0 Å². The van der Waals surface area contributed by atoms with Crippen molar-refractivity contribution in [3.8, 4) is 0 Å². The van der Waals surface area contributed by atoms with Crippen LogP contribution in [0.1, 0.15) is 25.0 Å². The first-order valence-corrected chi connectivity index (χ1v) is 3.89. The van der Waals surface area contributed by atoms with Crippen molar-refractivity contribution < 1.29 is 18.3 Å². The van der Waals surface area contributed by atoms with Crippen molar-refractivity contribution in [3.05, 3.63) is 35.1 Å². The van der Waals surface area contributed by atoms with E-state index < -0.39 is 29.1 Å². The number of aliphatic hydroxyl groups excluding tert-OH is 1. The third-order valence-corrected chi connectivity index (χ3v) is 1.80. The minimum atomic E-state index is -1.31. The van der Waals surface area contributed by atoms with Gasteiger partial charge in [0.05, 0.1) is 11.7 Å². The van der Waals surface area contributed by atoms with Crippen molar-refractivity contribution in [3.63, 3.8) is 0 Å². The summed E-state index contributed by atoms with van der Waals surface area (Å²) in [7, 11) is 0. The average molecular weight is 190 g/mol. The fraction of sp³-hybridized carbons (Fsp3) is 0.333. The third-order valence-electron chi connectivity index (χ3n) is 1.80. The minimum absolute atomic E-state index is 0.136. The topological polar surface area (TPSA) is 20.2 Å². The fourth-order valence-corrected chi connectivity index (χ4v) is 1.05. The highest BCUT2D eigenvalue weighted by Crippen LogP contribution is 2.24. The predicted octanol–water partition coefficient (Wildman–Crippen LogP) is 2.55. The molecule has 1 rings (SSSR count). The Hall–Kier alpha value is -1.03. The van der Waals surface area contributed by atoms with Gasteiger partial charge in [0, 0.05) is 0 Å². The van der Waals surface area contributed by atoms with Crippen molar-refractivity contribution >= 4 is 0 Å². The lowest BCUT2D eigenvalue weighted by molar-refractivity contribution is 0.162. The summed E-state index contributed by atoms with van der Waals surface area (Å²) in [5.74, 6) is -3.38. The molecule has 0 heterocycles. The normalized spacial score (nSPS) is 13.0. The van der Waals surface area contributed by atoms with Gasteiger partial charge in [-0.3, -0.25) is 0 Å². The smallest absolute Gasteiger partial charge is 0.167 e. The van der Waals surface area contributed by atoms with Crippen LogP contribution in [0.15, 0.2) is 12.1 Å². The Kier molecular flexibility index (Phi) is 2.93. The van der Waals surface area contributed by atoms with Gasteiger partial charge in [-0.1, -0.05) is 6.92 Å². The van der Waals surface area contributed by atoms with E-state index in [0.717, 1.165) is 6.07 Å². The second kappa shape index (κ2) is 3.79. The molecule has 0 amide bonds. The lowest BCUT2D eigenvalue weighted by Crippen LogP contribution is -2.04. The first kappa shape index (κ1) is 10.1. The Labute approximate surface area is 73.8 Å². The summed E-state index contributed by atoms with van der Waals surface area (Å²) in [5.41, 5.74) is -0.595. The molecule has 1 nitrogen and oxygen atoms in total. The van der Waals surface area contributed by atoms with Crippen molar-refractivity contribution in [2.75, 3.05) is 0 Å². The Morgan fingerprint density at radius 1 is 1.23 bits per heavy atom. The molecule has 0 bridgehead atoms. The van der Waals surface area contributed by atoms with Crippen LogP contribution in [0.3, 0.4) is 0 Å². The molecule has 13 heavy (non-hydrogen) atoms. The Bertz CT molecular complexity index is 312. The summed E-state index contributed by atoms with van der Waals surface area (Å²) in [5, 5.41) is 9.17. The van der Waals surface area contributed by atoms with E-state index in [1.54, 1.807) is 6.92 Å². The molecule has 0 saturated heterocycles. The summed E-state index contributed by atoms with van der Waals surface area (Å²) in [6.07, 6.45) is -1.16. The highest BCUT2D eigenvalue weighted by Gasteiger charge is 2.19. The maximum absolute atomic E-state index is 12.9. The van der Waals surface area contributed by atoms with Crippen molar-refractivity contribution in [2.24, 2.45) is 0 Å². The van der Waals surface area contributed by atoms with Crippen LogP contribution >= 0.6 is 0 Å². The van der Waals surface area contributed by atoms with Gasteiger partial charge in [-0.2, -0.15) is 0 Å². The monoisotopic (exact) mass is 190 g/mol. The summed E-state index contributed by atoms with van der Waals surface area (Å²) < 4.78 is 38.4. The number of aliphatic hydroxyl groups is 1. The van der Waals surface area contributed by atoms with Crippen LogP contribution in [0.5, 0.6) is 0 Å². The Balaban J connectivity index is 3.25. The van der Waals surface area contributed by atoms with Crippen molar-refractivity contribution in [1.29, 1.82) is 0 Å². The highest BCUT2D eigenvalue weighted by atomic mass is 19.2. The van der Waals surface area contributed by atoms with E-state index in [4.69, 9.17) is 5.11 Å². The molecule has 0 aromatic heterocycles. The molecule has 1 aromatic carbocycles. The molecular formula is C9H9F3O. The standard InChI is InChI=1S/C9H9F3O/c1-2-7(13)8-5(10)3-4-6(11)9(8)12/h3-4,7,13H,2H2,1H3. The number of benzene rings is 1. The maximum Gasteiger partial charge on any atom is 0.167 e. The summed E-state index contributed by atoms with van der Waals surface area (Å²) in [6.45, 7) is 1.55. The fourth-order valence-electron chi connectivity index (χ4n) is 1.05. The second-order valence-corrected chi connectivity index (χ2v) is 2.68. The van der Waals surface area contributed by atoms with Gasteiger partial charge in [0.25, 0.3) is 0 Å². The first-order chi connectivity index (χ1) is 6.07. The molecular weight excluding hydrogens is 181 g/mol. The molecule has 1 unspecified atom stereocenters. The molecule has 0 fully saturated rings. The predicted molar refractivity (Wildman–Crippen MR) is 41.6 cm³/mol. The van der Waals surface area contributed by atoms with E-state index in [-0.39, 0.29) is 6.42 Å². The van der Waals surface area contributed by atoms with Crippen molar-refractivity contribution in [2.45, 2.75) is 19.4 Å². The number of hydrogen-bond acceptors (Lipinski definition) is 1. The van der Waals surface area contributed by atoms with Gasteiger partial charge in [-0.15, -0.1) is 0 Å². The van der Waals surface area contributed by atoms with E-state index in [9.17, 15) is 13.2 Å². The third kappa shape index (κ3) is 1.83. The first-order valence-electron chi connectivity index (χ1n) is 3.89. The van der Waals surface area contributed by atoms with Gasteiger partial charge in [0.15, 0.2) is 11.6 Å². The van der Waals surface area contributed by atoms with Crippen LogP contribution in [0.2, 0.25) is 0 Å². The van der Waals surface area contributed by atoms with E-state index in [0.29, 0.717) is 6.07 Å². The minimum Gasteiger partial charge on any atom is -0.388 e. The zero-order valence-corrected chi connectivity index (χ0v) is 7.02. The van der Waals surface area contributed by atoms with Gasteiger partial charge in [0.2, 0.25) is 0 Å². The van der Waals surface area contributed by atoms with Gasteiger partial charge in [0.1, 0.15) is 5.82 Å². The van der Waals surface area contributed by atoms with Gasteiger partial charge < -0.3 is 5.11 Å². The van der Waals surface area contributed by atoms with E-state index >= 15 is 0 Å².